The summed E-state index contributed by atoms with van der Waals surface area (Å²) in [4.78, 5) is 7.82. The first kappa shape index (κ1) is 12.5. The van der Waals surface area contributed by atoms with Crippen LogP contribution in [0, 0.1) is 13.8 Å². The van der Waals surface area contributed by atoms with E-state index in [1.54, 1.807) is 0 Å². The maximum Gasteiger partial charge on any atom is 0.137 e. The summed E-state index contributed by atoms with van der Waals surface area (Å²) in [5.41, 5.74) is 12.3. The molecule has 0 atom stereocenters. The number of nitrogens with one attached hydrogen (secondary N) is 1. The van der Waals surface area contributed by atoms with E-state index in [4.69, 9.17) is 5.73 Å². The molecule has 0 aliphatic rings. The molecule has 3 nitrogen and oxygen atoms in total. The van der Waals surface area contributed by atoms with Gasteiger partial charge in [-0.1, -0.05) is 35.9 Å². The Labute approximate surface area is 118 Å². The van der Waals surface area contributed by atoms with E-state index >= 15 is 0 Å². The molecule has 1 aromatic heterocycles. The quantitative estimate of drug-likeness (QED) is 0.688. The maximum atomic E-state index is 5.81. The monoisotopic (exact) mass is 263 g/mol. The highest BCUT2D eigenvalue weighted by Gasteiger charge is 2.07. The number of H-pyrrole nitrogens is 1. The molecule has 3 N–H and O–H groups in total. The van der Waals surface area contributed by atoms with Crippen molar-refractivity contribution in [1.29, 1.82) is 0 Å². The van der Waals surface area contributed by atoms with Crippen LogP contribution in [-0.4, -0.2) is 9.97 Å². The van der Waals surface area contributed by atoms with Crippen molar-refractivity contribution in [2.75, 3.05) is 5.73 Å². The van der Waals surface area contributed by atoms with E-state index in [9.17, 15) is 0 Å². The molecular weight excluding hydrogens is 246 g/mol. The number of imidazole rings is 1. The van der Waals surface area contributed by atoms with Crippen LogP contribution in [0.4, 0.5) is 5.69 Å². The smallest absolute Gasteiger partial charge is 0.137 e. The van der Waals surface area contributed by atoms with Crippen molar-refractivity contribution in [3.05, 3.63) is 59.8 Å². The van der Waals surface area contributed by atoms with E-state index in [0.717, 1.165) is 22.8 Å². The second kappa shape index (κ2) is 4.85. The zero-order valence-corrected chi connectivity index (χ0v) is 11.6. The highest BCUT2D eigenvalue weighted by atomic mass is 14.9. The van der Waals surface area contributed by atoms with Crippen LogP contribution in [0.5, 0.6) is 0 Å². The highest BCUT2D eigenvalue weighted by molar-refractivity contribution is 5.68. The van der Waals surface area contributed by atoms with Crippen LogP contribution in [0.3, 0.4) is 0 Å². The van der Waals surface area contributed by atoms with Crippen LogP contribution >= 0.6 is 0 Å². The second-order valence-corrected chi connectivity index (χ2v) is 5.09. The third-order valence-electron chi connectivity index (χ3n) is 3.41. The minimum absolute atomic E-state index is 0.743. The molecule has 0 spiro atoms. The second-order valence-electron chi connectivity index (χ2n) is 5.09. The van der Waals surface area contributed by atoms with E-state index in [1.165, 1.54) is 16.7 Å². The van der Waals surface area contributed by atoms with Gasteiger partial charge in [-0.15, -0.1) is 0 Å². The highest BCUT2D eigenvalue weighted by Crippen LogP contribution is 2.26. The van der Waals surface area contributed by atoms with Gasteiger partial charge in [0, 0.05) is 16.8 Å². The lowest BCUT2D eigenvalue weighted by molar-refractivity contribution is 1.30. The van der Waals surface area contributed by atoms with Crippen LogP contribution in [0.25, 0.3) is 22.6 Å². The number of aryl methyl sites for hydroxylation is 2. The lowest BCUT2D eigenvalue weighted by Gasteiger charge is -2.04. The summed E-state index contributed by atoms with van der Waals surface area (Å²) in [7, 11) is 0. The Morgan fingerprint density at radius 1 is 1.05 bits per heavy atom. The fourth-order valence-electron chi connectivity index (χ4n) is 2.41. The molecule has 0 bridgehead atoms. The van der Waals surface area contributed by atoms with Gasteiger partial charge in [0.25, 0.3) is 0 Å². The number of anilines is 1. The third-order valence-corrected chi connectivity index (χ3v) is 3.41. The predicted molar refractivity (Wildman–Crippen MR) is 83.3 cm³/mol. The van der Waals surface area contributed by atoms with Crippen molar-refractivity contribution in [3.63, 3.8) is 0 Å². The summed E-state index contributed by atoms with van der Waals surface area (Å²) < 4.78 is 0. The predicted octanol–water partition coefficient (Wildman–Crippen LogP) is 3.94. The SMILES string of the molecule is Cc1ccc(-c2cnc(-c3cccc(N)c3)[nH]2)c(C)c1. The number of nitrogens with zero attached hydrogens (tertiary/aromatic N) is 1. The molecule has 3 rings (SSSR count). The van der Waals surface area contributed by atoms with Crippen LogP contribution in [0.1, 0.15) is 11.1 Å². The number of benzene rings is 2. The summed E-state index contributed by atoms with van der Waals surface area (Å²) in [6, 6.07) is 14.1. The zero-order valence-electron chi connectivity index (χ0n) is 11.6. The summed E-state index contributed by atoms with van der Waals surface area (Å²) in [5.74, 6) is 0.840. The lowest BCUT2D eigenvalue weighted by Crippen LogP contribution is -1.87. The van der Waals surface area contributed by atoms with Crippen LogP contribution in [0.15, 0.2) is 48.7 Å². The Bertz CT molecular complexity index is 756. The Balaban J connectivity index is 2.02. The van der Waals surface area contributed by atoms with Gasteiger partial charge in [0.05, 0.1) is 11.9 Å². The van der Waals surface area contributed by atoms with E-state index in [2.05, 4.69) is 42.0 Å². The zero-order chi connectivity index (χ0) is 14.1. The van der Waals surface area contributed by atoms with Gasteiger partial charge >= 0.3 is 0 Å². The van der Waals surface area contributed by atoms with Gasteiger partial charge in [-0.05, 0) is 31.5 Å². The van der Waals surface area contributed by atoms with Gasteiger partial charge < -0.3 is 10.7 Å². The van der Waals surface area contributed by atoms with Crippen molar-refractivity contribution in [2.45, 2.75) is 13.8 Å². The Hall–Kier alpha value is -2.55. The first-order valence-electron chi connectivity index (χ1n) is 6.62. The molecule has 0 amide bonds. The average Bonchev–Trinajstić information content (AvgIpc) is 2.88. The first-order valence-corrected chi connectivity index (χ1v) is 6.62. The number of rotatable bonds is 2. The van der Waals surface area contributed by atoms with Crippen molar-refractivity contribution in [1.82, 2.24) is 9.97 Å². The summed E-state index contributed by atoms with van der Waals surface area (Å²) in [5, 5.41) is 0. The molecule has 0 aliphatic heterocycles. The Morgan fingerprint density at radius 3 is 2.65 bits per heavy atom. The molecule has 100 valence electrons. The van der Waals surface area contributed by atoms with Gasteiger partial charge in [0.2, 0.25) is 0 Å². The van der Waals surface area contributed by atoms with E-state index < -0.39 is 0 Å². The van der Waals surface area contributed by atoms with Gasteiger partial charge in [-0.2, -0.15) is 0 Å². The Morgan fingerprint density at radius 2 is 1.90 bits per heavy atom. The average molecular weight is 263 g/mol. The number of nitrogen functional groups attached to an aromatic ring is 1. The van der Waals surface area contributed by atoms with E-state index in [1.807, 2.05) is 30.5 Å². The summed E-state index contributed by atoms with van der Waals surface area (Å²) in [6.45, 7) is 4.21. The van der Waals surface area contributed by atoms with Crippen LogP contribution in [0.2, 0.25) is 0 Å². The number of aromatic nitrogens is 2. The molecular formula is C17H17N3. The molecule has 1 heterocycles. The number of hydrogen-bond acceptors (Lipinski definition) is 2. The fraction of sp³-hybridized carbons (Fsp3) is 0.118. The molecule has 0 fully saturated rings. The molecule has 3 aromatic rings. The Kier molecular flexibility index (Phi) is 3.03. The van der Waals surface area contributed by atoms with Gasteiger partial charge in [0.15, 0.2) is 0 Å². The van der Waals surface area contributed by atoms with Crippen LogP contribution in [-0.2, 0) is 0 Å². The number of nitrogens with two attached hydrogens (primary N) is 1. The van der Waals surface area contributed by atoms with Crippen molar-refractivity contribution < 1.29 is 0 Å². The first-order chi connectivity index (χ1) is 9.63. The normalized spacial score (nSPS) is 10.7. The topological polar surface area (TPSA) is 54.7 Å². The molecule has 0 saturated heterocycles. The van der Waals surface area contributed by atoms with Crippen LogP contribution < -0.4 is 5.73 Å². The fourth-order valence-corrected chi connectivity index (χ4v) is 2.41. The minimum Gasteiger partial charge on any atom is -0.399 e. The molecule has 0 unspecified atom stereocenters. The lowest BCUT2D eigenvalue weighted by atomic mass is 10.0. The molecule has 20 heavy (non-hydrogen) atoms. The van der Waals surface area contributed by atoms with Gasteiger partial charge in [-0.3, -0.25) is 0 Å². The van der Waals surface area contributed by atoms with Gasteiger partial charge in [-0.25, -0.2) is 4.98 Å². The van der Waals surface area contributed by atoms with Gasteiger partial charge in [0.1, 0.15) is 5.82 Å². The minimum atomic E-state index is 0.743. The van der Waals surface area contributed by atoms with E-state index in [0.29, 0.717) is 0 Å². The standard InChI is InChI=1S/C17H17N3/c1-11-6-7-15(12(2)8-11)16-10-19-17(20-16)13-4-3-5-14(18)9-13/h3-10H,18H2,1-2H3,(H,19,20). The molecule has 0 saturated carbocycles. The third kappa shape index (κ3) is 2.30. The molecule has 3 heteroatoms. The van der Waals surface area contributed by atoms with Crippen molar-refractivity contribution in [3.8, 4) is 22.6 Å². The molecule has 0 radical (unpaired) electrons. The number of hydrogen-bond donors (Lipinski definition) is 2. The maximum absolute atomic E-state index is 5.81. The summed E-state index contributed by atoms with van der Waals surface area (Å²) >= 11 is 0. The van der Waals surface area contributed by atoms with Crippen molar-refractivity contribution in [2.24, 2.45) is 0 Å². The number of aromatic amines is 1. The van der Waals surface area contributed by atoms with E-state index in [-0.39, 0.29) is 0 Å². The summed E-state index contributed by atoms with van der Waals surface area (Å²) in [6.07, 6.45) is 1.87. The largest absolute Gasteiger partial charge is 0.399 e. The van der Waals surface area contributed by atoms with Crippen molar-refractivity contribution >= 4 is 5.69 Å². The molecule has 0 aliphatic carbocycles. The molecule has 2 aromatic carbocycles.